The standard InChI is InChI=1S/C27H30F3N5O4/c1-39-26(37)23-24(18-15-20(29)21(30)16-19(18)28)35(27(38)32-23)10-6-2-5-9-33-11-13-34(14-12-33)22-8-4-3-7-17(22)25(31)36/h3-4,7-8,15-16H,2,5-6,9-14H2,1H3,(H2,31,36)(H,32,38). The Hall–Kier alpha value is -4.06. The van der Waals surface area contributed by atoms with Gasteiger partial charge in [0.15, 0.2) is 17.3 Å². The van der Waals surface area contributed by atoms with Crippen LogP contribution in [0.1, 0.15) is 40.1 Å². The van der Waals surface area contributed by atoms with E-state index >= 15 is 0 Å². The van der Waals surface area contributed by atoms with Crippen molar-refractivity contribution >= 4 is 17.6 Å². The number of hydrogen-bond acceptors (Lipinski definition) is 6. The van der Waals surface area contributed by atoms with E-state index in [1.165, 1.54) is 0 Å². The fourth-order valence-electron chi connectivity index (χ4n) is 4.87. The van der Waals surface area contributed by atoms with Crippen LogP contribution in [0, 0.1) is 17.5 Å². The maximum atomic E-state index is 14.6. The summed E-state index contributed by atoms with van der Waals surface area (Å²) >= 11 is 0. The number of nitrogens with zero attached hydrogens (tertiary/aromatic N) is 3. The molecule has 12 heteroatoms. The average Bonchev–Trinajstić information content (AvgIpc) is 3.26. The number of carbonyl (C=O) groups is 2. The number of methoxy groups -OCH3 is 1. The van der Waals surface area contributed by atoms with Gasteiger partial charge in [0.05, 0.1) is 18.4 Å². The molecule has 1 amide bonds. The van der Waals surface area contributed by atoms with Crippen LogP contribution in [-0.2, 0) is 11.3 Å². The van der Waals surface area contributed by atoms with Gasteiger partial charge < -0.3 is 15.4 Å². The third-order valence-corrected chi connectivity index (χ3v) is 6.88. The van der Waals surface area contributed by atoms with Crippen molar-refractivity contribution in [3.8, 4) is 11.3 Å². The lowest BCUT2D eigenvalue weighted by Crippen LogP contribution is -2.47. The molecule has 0 spiro atoms. The van der Waals surface area contributed by atoms with Crippen LogP contribution in [0.2, 0.25) is 0 Å². The van der Waals surface area contributed by atoms with E-state index in [1.54, 1.807) is 12.1 Å². The zero-order chi connectivity index (χ0) is 28.1. The van der Waals surface area contributed by atoms with Crippen LogP contribution in [0.5, 0.6) is 0 Å². The van der Waals surface area contributed by atoms with Gasteiger partial charge in [-0.2, -0.15) is 0 Å². The first kappa shape index (κ1) is 28.0. The topological polar surface area (TPSA) is 114 Å². The summed E-state index contributed by atoms with van der Waals surface area (Å²) in [6, 6.07) is 8.28. The number of imidazole rings is 1. The van der Waals surface area contributed by atoms with Gasteiger partial charge in [-0.15, -0.1) is 0 Å². The molecule has 1 saturated heterocycles. The number of primary amides is 1. The summed E-state index contributed by atoms with van der Waals surface area (Å²) in [5.41, 5.74) is 5.24. The lowest BCUT2D eigenvalue weighted by Gasteiger charge is -2.36. The van der Waals surface area contributed by atoms with Crippen LogP contribution in [0.25, 0.3) is 11.3 Å². The second-order valence-electron chi connectivity index (χ2n) is 9.31. The molecule has 3 aromatic rings. The molecule has 2 aromatic carbocycles. The number of aromatic amines is 1. The third kappa shape index (κ3) is 6.17. The molecule has 0 unspecified atom stereocenters. The number of benzene rings is 2. The lowest BCUT2D eigenvalue weighted by molar-refractivity contribution is 0.0595. The number of unbranched alkanes of at least 4 members (excludes halogenated alkanes) is 2. The zero-order valence-electron chi connectivity index (χ0n) is 21.5. The van der Waals surface area contributed by atoms with Crippen LogP contribution in [0.15, 0.2) is 41.2 Å². The van der Waals surface area contributed by atoms with E-state index < -0.39 is 40.6 Å². The Morgan fingerprint density at radius 1 is 0.949 bits per heavy atom. The van der Waals surface area contributed by atoms with Crippen LogP contribution >= 0.6 is 0 Å². The van der Waals surface area contributed by atoms with Gasteiger partial charge in [-0.05, 0) is 37.6 Å². The number of carbonyl (C=O) groups excluding carboxylic acids is 2. The number of H-pyrrole nitrogens is 1. The molecule has 0 atom stereocenters. The highest BCUT2D eigenvalue weighted by atomic mass is 19.2. The maximum Gasteiger partial charge on any atom is 0.356 e. The molecule has 1 aromatic heterocycles. The Bertz CT molecular complexity index is 1410. The molecule has 9 nitrogen and oxygen atoms in total. The van der Waals surface area contributed by atoms with Crippen molar-refractivity contribution in [2.24, 2.45) is 5.73 Å². The number of rotatable bonds is 10. The van der Waals surface area contributed by atoms with E-state index in [0.717, 1.165) is 62.9 Å². The largest absolute Gasteiger partial charge is 0.464 e. The number of nitrogens with one attached hydrogen (secondary N) is 1. The Balaban J connectivity index is 1.35. The van der Waals surface area contributed by atoms with Gasteiger partial charge in [0.2, 0.25) is 0 Å². The SMILES string of the molecule is COC(=O)c1[nH]c(=O)n(CCCCCN2CCN(c3ccccc3C(N)=O)CC2)c1-c1cc(F)c(F)cc1F. The molecule has 0 bridgehead atoms. The predicted molar refractivity (Wildman–Crippen MR) is 139 cm³/mol. The van der Waals surface area contributed by atoms with E-state index in [1.807, 2.05) is 12.1 Å². The van der Waals surface area contributed by atoms with Crippen molar-refractivity contribution in [3.05, 3.63) is 75.6 Å². The molecule has 1 fully saturated rings. The molecule has 0 radical (unpaired) electrons. The normalized spacial score (nSPS) is 14.0. The monoisotopic (exact) mass is 545 g/mol. The van der Waals surface area contributed by atoms with E-state index in [2.05, 4.69) is 19.5 Å². The third-order valence-electron chi connectivity index (χ3n) is 6.88. The molecule has 0 saturated carbocycles. The number of nitrogens with two attached hydrogens (primary N) is 1. The molecule has 1 aliphatic heterocycles. The molecule has 2 heterocycles. The summed E-state index contributed by atoms with van der Waals surface area (Å²) in [6.07, 6.45) is 2.09. The molecule has 0 aliphatic carbocycles. The Kier molecular flexibility index (Phi) is 8.75. The number of amides is 1. The van der Waals surface area contributed by atoms with E-state index in [0.29, 0.717) is 24.1 Å². The Labute approximate surface area is 223 Å². The highest BCUT2D eigenvalue weighted by Crippen LogP contribution is 2.28. The minimum Gasteiger partial charge on any atom is -0.464 e. The number of piperazine rings is 1. The summed E-state index contributed by atoms with van der Waals surface area (Å²) in [7, 11) is 1.10. The van der Waals surface area contributed by atoms with Crippen LogP contribution in [-0.4, -0.2) is 66.2 Å². The van der Waals surface area contributed by atoms with Crippen molar-refractivity contribution in [3.63, 3.8) is 0 Å². The van der Waals surface area contributed by atoms with E-state index in [-0.39, 0.29) is 17.9 Å². The average molecular weight is 546 g/mol. The molecular formula is C27H30F3N5O4. The molecule has 1 aliphatic rings. The minimum absolute atomic E-state index is 0.137. The fraction of sp³-hybridized carbons (Fsp3) is 0.370. The highest BCUT2D eigenvalue weighted by Gasteiger charge is 2.26. The summed E-state index contributed by atoms with van der Waals surface area (Å²) in [5.74, 6) is -5.17. The molecular weight excluding hydrogens is 515 g/mol. The second-order valence-corrected chi connectivity index (χ2v) is 9.31. The van der Waals surface area contributed by atoms with Gasteiger partial charge >= 0.3 is 11.7 Å². The highest BCUT2D eigenvalue weighted by molar-refractivity contribution is 5.98. The van der Waals surface area contributed by atoms with Crippen molar-refractivity contribution in [1.82, 2.24) is 14.5 Å². The van der Waals surface area contributed by atoms with Crippen molar-refractivity contribution in [1.29, 1.82) is 0 Å². The number of aromatic nitrogens is 2. The predicted octanol–water partition coefficient (Wildman–Crippen LogP) is 3.14. The van der Waals surface area contributed by atoms with Crippen LogP contribution in [0.4, 0.5) is 18.9 Å². The molecule has 39 heavy (non-hydrogen) atoms. The van der Waals surface area contributed by atoms with Gasteiger partial charge in [-0.25, -0.2) is 22.8 Å². The van der Waals surface area contributed by atoms with Crippen molar-refractivity contribution < 1.29 is 27.5 Å². The molecule has 208 valence electrons. The number of hydrogen-bond donors (Lipinski definition) is 2. The van der Waals surface area contributed by atoms with E-state index in [9.17, 15) is 27.6 Å². The number of halogens is 3. The van der Waals surface area contributed by atoms with Gasteiger partial charge in [0, 0.05) is 50.0 Å². The summed E-state index contributed by atoms with van der Waals surface area (Å²) < 4.78 is 47.8. The number of esters is 1. The first-order valence-corrected chi connectivity index (χ1v) is 12.6. The zero-order valence-corrected chi connectivity index (χ0v) is 21.5. The summed E-state index contributed by atoms with van der Waals surface area (Å²) in [4.78, 5) is 43.4. The first-order chi connectivity index (χ1) is 18.7. The Morgan fingerprint density at radius 2 is 1.62 bits per heavy atom. The second kappa shape index (κ2) is 12.2. The summed E-state index contributed by atoms with van der Waals surface area (Å²) in [6.45, 7) is 4.09. The fourth-order valence-corrected chi connectivity index (χ4v) is 4.87. The van der Waals surface area contributed by atoms with Crippen molar-refractivity contribution in [2.45, 2.75) is 25.8 Å². The number of para-hydroxylation sites is 1. The quantitative estimate of drug-likeness (QED) is 0.230. The molecule has 3 N–H and O–H groups in total. The van der Waals surface area contributed by atoms with E-state index in [4.69, 9.17) is 5.73 Å². The lowest BCUT2D eigenvalue weighted by atomic mass is 10.1. The van der Waals surface area contributed by atoms with Crippen LogP contribution < -0.4 is 16.3 Å². The van der Waals surface area contributed by atoms with Gasteiger partial charge in [-0.1, -0.05) is 18.6 Å². The Morgan fingerprint density at radius 3 is 2.31 bits per heavy atom. The molecule has 4 rings (SSSR count). The maximum absolute atomic E-state index is 14.6. The minimum atomic E-state index is -1.38. The smallest absolute Gasteiger partial charge is 0.356 e. The van der Waals surface area contributed by atoms with Crippen molar-refractivity contribution in [2.75, 3.05) is 44.7 Å². The van der Waals surface area contributed by atoms with Gasteiger partial charge in [0.25, 0.3) is 5.91 Å². The first-order valence-electron chi connectivity index (χ1n) is 12.6. The number of anilines is 1. The van der Waals surface area contributed by atoms with Gasteiger partial charge in [-0.3, -0.25) is 19.2 Å². The summed E-state index contributed by atoms with van der Waals surface area (Å²) in [5, 5.41) is 0. The van der Waals surface area contributed by atoms with Gasteiger partial charge in [0.1, 0.15) is 5.82 Å². The van der Waals surface area contributed by atoms with Crippen LogP contribution in [0.3, 0.4) is 0 Å². The number of ether oxygens (including phenoxy) is 1.